The van der Waals surface area contributed by atoms with Crippen molar-refractivity contribution in [2.75, 3.05) is 37.4 Å². The van der Waals surface area contributed by atoms with Crippen LogP contribution in [0, 0.1) is 11.8 Å². The highest BCUT2D eigenvalue weighted by Gasteiger charge is 2.31. The first-order valence-electron chi connectivity index (χ1n) is 7.48. The van der Waals surface area contributed by atoms with E-state index in [4.69, 9.17) is 10.5 Å². The number of carbonyl (C=O) groups is 1. The van der Waals surface area contributed by atoms with Gasteiger partial charge in [0.05, 0.1) is 7.11 Å². The van der Waals surface area contributed by atoms with Crippen molar-refractivity contribution in [2.45, 2.75) is 27.2 Å². The minimum Gasteiger partial charge on any atom is -0.492 e. The van der Waals surface area contributed by atoms with E-state index in [1.807, 2.05) is 6.92 Å². The largest absolute Gasteiger partial charge is 0.492 e. The molecule has 1 aliphatic rings. The van der Waals surface area contributed by atoms with Crippen molar-refractivity contribution in [3.05, 3.63) is 4.88 Å². The molecule has 0 aromatic carbocycles. The molecule has 1 atom stereocenters. The lowest BCUT2D eigenvalue weighted by Crippen LogP contribution is -2.22. The van der Waals surface area contributed by atoms with E-state index in [0.717, 1.165) is 18.1 Å². The first-order chi connectivity index (χ1) is 9.99. The molecule has 1 saturated heterocycles. The third kappa shape index (κ3) is 3.10. The van der Waals surface area contributed by atoms with Gasteiger partial charge in [-0.25, -0.2) is 0 Å². The van der Waals surface area contributed by atoms with Gasteiger partial charge in [0.2, 0.25) is 0 Å². The van der Waals surface area contributed by atoms with E-state index in [1.165, 1.54) is 17.8 Å². The second-order valence-corrected chi connectivity index (χ2v) is 6.78. The number of nitrogens with two attached hydrogens (primary N) is 1. The number of nitrogens with one attached hydrogen (secondary N) is 1. The lowest BCUT2D eigenvalue weighted by molar-refractivity contribution is 0.0960. The zero-order valence-electron chi connectivity index (χ0n) is 13.2. The van der Waals surface area contributed by atoms with Crippen LogP contribution >= 0.6 is 11.3 Å². The van der Waals surface area contributed by atoms with Crippen molar-refractivity contribution >= 4 is 27.9 Å². The van der Waals surface area contributed by atoms with E-state index in [9.17, 15) is 4.79 Å². The van der Waals surface area contributed by atoms with Crippen molar-refractivity contribution in [1.82, 2.24) is 5.32 Å². The van der Waals surface area contributed by atoms with Gasteiger partial charge in [0.1, 0.15) is 15.6 Å². The molecule has 0 saturated carbocycles. The molecule has 5 nitrogen and oxygen atoms in total. The molecule has 1 unspecified atom stereocenters. The minimum absolute atomic E-state index is 0.121. The number of hydrogen-bond donors (Lipinski definition) is 2. The van der Waals surface area contributed by atoms with Crippen LogP contribution in [0.3, 0.4) is 0 Å². The Hall–Kier alpha value is -1.43. The van der Waals surface area contributed by atoms with Crippen molar-refractivity contribution in [1.29, 1.82) is 0 Å². The van der Waals surface area contributed by atoms with Crippen LogP contribution in [0.4, 0.5) is 10.7 Å². The van der Waals surface area contributed by atoms with Crippen molar-refractivity contribution < 1.29 is 9.53 Å². The highest BCUT2D eigenvalue weighted by atomic mass is 32.1. The van der Waals surface area contributed by atoms with Gasteiger partial charge in [-0.3, -0.25) is 4.79 Å². The molecule has 1 aromatic rings. The average Bonchev–Trinajstić information content (AvgIpc) is 3.03. The Labute approximate surface area is 130 Å². The van der Waals surface area contributed by atoms with E-state index < -0.39 is 0 Å². The third-order valence-electron chi connectivity index (χ3n) is 4.08. The Morgan fingerprint density at radius 2 is 2.29 bits per heavy atom. The van der Waals surface area contributed by atoms with Crippen LogP contribution in [0.1, 0.15) is 36.9 Å². The Morgan fingerprint density at radius 3 is 2.81 bits per heavy atom. The Balaban J connectivity index is 2.28. The average molecular weight is 311 g/mol. The van der Waals surface area contributed by atoms with Crippen LogP contribution in [0.2, 0.25) is 0 Å². The van der Waals surface area contributed by atoms with E-state index in [1.54, 1.807) is 7.11 Å². The molecule has 0 radical (unpaired) electrons. The molecule has 3 N–H and O–H groups in total. The predicted octanol–water partition coefficient (Wildman–Crippen LogP) is 2.57. The van der Waals surface area contributed by atoms with Gasteiger partial charge in [0, 0.05) is 19.6 Å². The summed E-state index contributed by atoms with van der Waals surface area (Å²) in [6, 6.07) is 0. The molecule has 1 fully saturated rings. The summed E-state index contributed by atoms with van der Waals surface area (Å²) in [5, 5.41) is 3.79. The van der Waals surface area contributed by atoms with Gasteiger partial charge in [-0.1, -0.05) is 13.8 Å². The number of nitrogens with zero attached hydrogens (tertiary/aromatic N) is 1. The zero-order valence-corrected chi connectivity index (χ0v) is 14.0. The van der Waals surface area contributed by atoms with Gasteiger partial charge >= 0.3 is 0 Å². The third-order valence-corrected chi connectivity index (χ3v) is 5.33. The van der Waals surface area contributed by atoms with Crippen LogP contribution < -0.4 is 20.7 Å². The maximum atomic E-state index is 12.1. The summed E-state index contributed by atoms with van der Waals surface area (Å²) < 4.78 is 5.46. The van der Waals surface area contributed by atoms with E-state index in [2.05, 4.69) is 24.1 Å². The number of anilines is 2. The molecular weight excluding hydrogens is 286 g/mol. The number of thiophene rings is 1. The van der Waals surface area contributed by atoms with Crippen LogP contribution in [0.5, 0.6) is 5.75 Å². The molecule has 0 aliphatic carbocycles. The maximum Gasteiger partial charge on any atom is 0.263 e. The smallest absolute Gasteiger partial charge is 0.263 e. The van der Waals surface area contributed by atoms with Gasteiger partial charge in [0.25, 0.3) is 5.91 Å². The molecule has 6 heteroatoms. The van der Waals surface area contributed by atoms with Gasteiger partial charge in [0.15, 0.2) is 5.75 Å². The Bertz CT molecular complexity index is 513. The highest BCUT2D eigenvalue weighted by molar-refractivity contribution is 7.19. The molecule has 0 spiro atoms. The van der Waals surface area contributed by atoms with Crippen LogP contribution in [-0.2, 0) is 0 Å². The zero-order chi connectivity index (χ0) is 15.6. The molecular formula is C15H25N3O2S. The summed E-state index contributed by atoms with van der Waals surface area (Å²) in [6.45, 7) is 9.00. The fourth-order valence-corrected chi connectivity index (χ4v) is 3.89. The maximum absolute atomic E-state index is 12.1. The second-order valence-electron chi connectivity index (χ2n) is 5.78. The van der Waals surface area contributed by atoms with E-state index in [-0.39, 0.29) is 5.91 Å². The first-order valence-corrected chi connectivity index (χ1v) is 8.30. The number of methoxy groups -OCH3 is 1. The summed E-state index contributed by atoms with van der Waals surface area (Å²) in [7, 11) is 1.61. The molecule has 21 heavy (non-hydrogen) atoms. The van der Waals surface area contributed by atoms with Gasteiger partial charge in [-0.2, -0.15) is 0 Å². The topological polar surface area (TPSA) is 67.6 Å². The van der Waals surface area contributed by atoms with Gasteiger partial charge < -0.3 is 20.7 Å². The molecule has 1 amide bonds. The molecule has 1 aromatic heterocycles. The fourth-order valence-electron chi connectivity index (χ4n) is 2.75. The Morgan fingerprint density at radius 1 is 1.57 bits per heavy atom. The van der Waals surface area contributed by atoms with Crippen LogP contribution in [-0.4, -0.2) is 32.7 Å². The SMILES string of the molecule is CCNC(=O)c1sc(N2CCC(C(C)C)C2)c(OC)c1N. The molecule has 118 valence electrons. The normalized spacial score (nSPS) is 18.3. The predicted molar refractivity (Wildman–Crippen MR) is 88.4 cm³/mol. The van der Waals surface area contributed by atoms with Crippen molar-refractivity contribution in [3.8, 4) is 5.75 Å². The summed E-state index contributed by atoms with van der Waals surface area (Å²) in [5.74, 6) is 1.88. The molecule has 0 bridgehead atoms. The van der Waals surface area contributed by atoms with E-state index >= 15 is 0 Å². The second kappa shape index (κ2) is 6.56. The van der Waals surface area contributed by atoms with Gasteiger partial charge in [-0.15, -0.1) is 11.3 Å². The van der Waals surface area contributed by atoms with Crippen LogP contribution in [0.25, 0.3) is 0 Å². The van der Waals surface area contributed by atoms with E-state index in [0.29, 0.717) is 34.7 Å². The molecule has 2 heterocycles. The first kappa shape index (κ1) is 15.9. The standard InChI is InChI=1S/C15H25N3O2S/c1-5-17-14(19)13-11(16)12(20-4)15(21-13)18-7-6-10(8-18)9(2)3/h9-10H,5-8,16H2,1-4H3,(H,17,19). The summed E-state index contributed by atoms with van der Waals surface area (Å²) in [5.41, 5.74) is 6.56. The lowest BCUT2D eigenvalue weighted by Gasteiger charge is -2.19. The van der Waals surface area contributed by atoms with Gasteiger partial charge in [-0.05, 0) is 25.2 Å². The molecule has 1 aliphatic heterocycles. The highest BCUT2D eigenvalue weighted by Crippen LogP contribution is 2.46. The number of rotatable bonds is 5. The fraction of sp³-hybridized carbons (Fsp3) is 0.667. The number of amides is 1. The number of nitrogen functional groups attached to an aromatic ring is 1. The number of ether oxygens (including phenoxy) is 1. The van der Waals surface area contributed by atoms with Crippen molar-refractivity contribution in [2.24, 2.45) is 11.8 Å². The summed E-state index contributed by atoms with van der Waals surface area (Å²) in [4.78, 5) is 14.9. The quantitative estimate of drug-likeness (QED) is 0.877. The summed E-state index contributed by atoms with van der Waals surface area (Å²) >= 11 is 1.43. The lowest BCUT2D eigenvalue weighted by atomic mass is 9.95. The van der Waals surface area contributed by atoms with Crippen LogP contribution in [0.15, 0.2) is 0 Å². The summed E-state index contributed by atoms with van der Waals surface area (Å²) in [6.07, 6.45) is 1.18. The molecule has 2 rings (SSSR count). The minimum atomic E-state index is -0.121. The Kier molecular flexibility index (Phi) is 4.98. The monoisotopic (exact) mass is 311 g/mol. The number of carbonyl (C=O) groups excluding carboxylic acids is 1. The van der Waals surface area contributed by atoms with Crippen molar-refractivity contribution in [3.63, 3.8) is 0 Å². The number of hydrogen-bond acceptors (Lipinski definition) is 5.